The molecule has 116 valence electrons. The van der Waals surface area contributed by atoms with Crippen LogP contribution in [0.1, 0.15) is 39.3 Å². The fraction of sp³-hybridized carbons (Fsp3) is 0.562. The van der Waals surface area contributed by atoms with Crippen LogP contribution in [0.5, 0.6) is 0 Å². The number of carbonyl (C=O) groups excluding carboxylic acids is 1. The lowest BCUT2D eigenvalue weighted by Gasteiger charge is -2.40. The first-order valence-electron chi connectivity index (χ1n) is 7.25. The van der Waals surface area contributed by atoms with E-state index in [1.165, 1.54) is 0 Å². The SMILES string of the molecule is C[C@@H]1CN(C(=O)OC(C)(C)C)[C@@H](c2cccc(Cl)c2)CN1. The van der Waals surface area contributed by atoms with Crippen LogP contribution in [0, 0.1) is 0 Å². The molecular formula is C16H23ClN2O2. The number of nitrogens with one attached hydrogen (secondary N) is 1. The fourth-order valence-electron chi connectivity index (χ4n) is 2.44. The zero-order chi connectivity index (χ0) is 15.6. The monoisotopic (exact) mass is 310 g/mol. The largest absolute Gasteiger partial charge is 0.444 e. The molecule has 0 aromatic heterocycles. The summed E-state index contributed by atoms with van der Waals surface area (Å²) in [5.41, 5.74) is 0.525. The number of halogens is 1. The number of rotatable bonds is 1. The van der Waals surface area contributed by atoms with Gasteiger partial charge in [-0.25, -0.2) is 4.79 Å². The van der Waals surface area contributed by atoms with Crippen molar-refractivity contribution in [2.75, 3.05) is 13.1 Å². The fourth-order valence-corrected chi connectivity index (χ4v) is 2.64. The van der Waals surface area contributed by atoms with Crippen LogP contribution >= 0.6 is 11.6 Å². The van der Waals surface area contributed by atoms with Gasteiger partial charge in [-0.15, -0.1) is 0 Å². The lowest BCUT2D eigenvalue weighted by atomic mass is 10.0. The highest BCUT2D eigenvalue weighted by atomic mass is 35.5. The summed E-state index contributed by atoms with van der Waals surface area (Å²) >= 11 is 6.07. The average Bonchev–Trinajstić information content (AvgIpc) is 2.36. The molecule has 0 saturated carbocycles. The molecule has 1 N–H and O–H groups in total. The van der Waals surface area contributed by atoms with Gasteiger partial charge in [0.05, 0.1) is 6.04 Å². The summed E-state index contributed by atoms with van der Waals surface area (Å²) in [5, 5.41) is 4.08. The zero-order valence-electron chi connectivity index (χ0n) is 13.0. The third kappa shape index (κ3) is 4.35. The molecule has 4 nitrogen and oxygen atoms in total. The van der Waals surface area contributed by atoms with Crippen molar-refractivity contribution in [3.8, 4) is 0 Å². The highest BCUT2D eigenvalue weighted by Crippen LogP contribution is 2.27. The summed E-state index contributed by atoms with van der Waals surface area (Å²) in [7, 11) is 0. The molecule has 0 aliphatic carbocycles. The molecule has 0 bridgehead atoms. The van der Waals surface area contributed by atoms with E-state index in [1.807, 2.05) is 45.0 Å². The molecule has 1 amide bonds. The number of nitrogens with zero attached hydrogens (tertiary/aromatic N) is 1. The van der Waals surface area contributed by atoms with Gasteiger partial charge in [-0.05, 0) is 45.4 Å². The molecule has 0 radical (unpaired) electrons. The van der Waals surface area contributed by atoms with Crippen LogP contribution in [-0.2, 0) is 4.74 Å². The summed E-state index contributed by atoms with van der Waals surface area (Å²) in [6.07, 6.45) is -0.277. The summed E-state index contributed by atoms with van der Waals surface area (Å²) in [6, 6.07) is 7.82. The topological polar surface area (TPSA) is 41.6 Å². The molecule has 1 saturated heterocycles. The van der Waals surface area contributed by atoms with Gasteiger partial charge in [0.15, 0.2) is 0 Å². The minimum absolute atomic E-state index is 0.0604. The molecule has 1 heterocycles. The van der Waals surface area contributed by atoms with Crippen molar-refractivity contribution < 1.29 is 9.53 Å². The Balaban J connectivity index is 2.23. The maximum absolute atomic E-state index is 12.5. The number of hydrogen-bond donors (Lipinski definition) is 1. The molecule has 2 atom stereocenters. The van der Waals surface area contributed by atoms with E-state index >= 15 is 0 Å². The first kappa shape index (κ1) is 16.1. The van der Waals surface area contributed by atoms with Gasteiger partial charge in [0.25, 0.3) is 0 Å². The van der Waals surface area contributed by atoms with Crippen molar-refractivity contribution in [2.45, 2.75) is 45.4 Å². The molecule has 1 fully saturated rings. The Kier molecular flexibility index (Phi) is 4.79. The third-order valence-corrected chi connectivity index (χ3v) is 3.60. The highest BCUT2D eigenvalue weighted by Gasteiger charge is 2.33. The highest BCUT2D eigenvalue weighted by molar-refractivity contribution is 6.30. The van der Waals surface area contributed by atoms with E-state index in [1.54, 1.807) is 4.90 Å². The summed E-state index contributed by atoms with van der Waals surface area (Å²) in [6.45, 7) is 9.01. The maximum Gasteiger partial charge on any atom is 0.410 e. The Morgan fingerprint density at radius 3 is 2.76 bits per heavy atom. The van der Waals surface area contributed by atoms with Crippen molar-refractivity contribution in [1.29, 1.82) is 0 Å². The molecule has 1 aliphatic rings. The van der Waals surface area contributed by atoms with Crippen LogP contribution in [-0.4, -0.2) is 35.7 Å². The molecule has 1 aliphatic heterocycles. The predicted octanol–water partition coefficient (Wildman–Crippen LogP) is 3.61. The third-order valence-electron chi connectivity index (χ3n) is 3.37. The molecule has 1 aromatic rings. The van der Waals surface area contributed by atoms with E-state index < -0.39 is 5.60 Å². The first-order chi connectivity index (χ1) is 9.76. The van der Waals surface area contributed by atoms with Crippen LogP contribution in [0.3, 0.4) is 0 Å². The van der Waals surface area contributed by atoms with E-state index in [0.717, 1.165) is 5.56 Å². The van der Waals surface area contributed by atoms with Gasteiger partial charge >= 0.3 is 6.09 Å². The lowest BCUT2D eigenvalue weighted by molar-refractivity contribution is 0.00787. The Bertz CT molecular complexity index is 513. The smallest absolute Gasteiger partial charge is 0.410 e. The Labute approximate surface area is 131 Å². The predicted molar refractivity (Wildman–Crippen MR) is 84.6 cm³/mol. The number of benzene rings is 1. The molecule has 1 aromatic carbocycles. The molecule has 0 spiro atoms. The average molecular weight is 311 g/mol. The summed E-state index contributed by atoms with van der Waals surface area (Å²) in [5.74, 6) is 0. The summed E-state index contributed by atoms with van der Waals surface area (Å²) < 4.78 is 5.53. The quantitative estimate of drug-likeness (QED) is 0.861. The molecule has 0 unspecified atom stereocenters. The standard InChI is InChI=1S/C16H23ClN2O2/c1-11-10-19(15(20)21-16(2,3)4)14(9-18-11)12-6-5-7-13(17)8-12/h5-8,11,14,18H,9-10H2,1-4H3/t11-,14-/m1/s1. The first-order valence-corrected chi connectivity index (χ1v) is 7.62. The molecule has 5 heteroatoms. The number of ether oxygens (including phenoxy) is 1. The van der Waals surface area contributed by atoms with Crippen LogP contribution in [0.2, 0.25) is 5.02 Å². The van der Waals surface area contributed by atoms with Gasteiger partial charge in [-0.1, -0.05) is 23.7 Å². The normalized spacial score (nSPS) is 23.0. The van der Waals surface area contributed by atoms with Crippen molar-refractivity contribution in [3.05, 3.63) is 34.9 Å². The second-order valence-electron chi connectivity index (χ2n) is 6.51. The van der Waals surface area contributed by atoms with Crippen LogP contribution in [0.4, 0.5) is 4.79 Å². The minimum Gasteiger partial charge on any atom is -0.444 e. The van der Waals surface area contributed by atoms with Crippen molar-refractivity contribution in [2.24, 2.45) is 0 Å². The van der Waals surface area contributed by atoms with Gasteiger partial charge in [0.2, 0.25) is 0 Å². The van der Waals surface area contributed by atoms with Gasteiger partial charge in [-0.3, -0.25) is 4.90 Å². The van der Waals surface area contributed by atoms with Crippen LogP contribution < -0.4 is 5.32 Å². The second-order valence-corrected chi connectivity index (χ2v) is 6.95. The Morgan fingerprint density at radius 1 is 1.43 bits per heavy atom. The number of amides is 1. The lowest BCUT2D eigenvalue weighted by Crippen LogP contribution is -2.54. The van der Waals surface area contributed by atoms with E-state index in [9.17, 15) is 4.79 Å². The van der Waals surface area contributed by atoms with Crippen molar-refractivity contribution in [3.63, 3.8) is 0 Å². The van der Waals surface area contributed by atoms with E-state index in [-0.39, 0.29) is 18.2 Å². The van der Waals surface area contributed by atoms with E-state index in [2.05, 4.69) is 12.2 Å². The molecular weight excluding hydrogens is 288 g/mol. The van der Waals surface area contributed by atoms with Crippen molar-refractivity contribution >= 4 is 17.7 Å². The molecule has 21 heavy (non-hydrogen) atoms. The number of piperazine rings is 1. The van der Waals surface area contributed by atoms with Gasteiger partial charge in [0.1, 0.15) is 5.60 Å². The number of carbonyl (C=O) groups is 1. The maximum atomic E-state index is 12.5. The van der Waals surface area contributed by atoms with Crippen LogP contribution in [0.25, 0.3) is 0 Å². The summed E-state index contributed by atoms with van der Waals surface area (Å²) in [4.78, 5) is 14.3. The Hall–Kier alpha value is -1.26. The second kappa shape index (κ2) is 6.24. The molecule has 2 rings (SSSR count). The van der Waals surface area contributed by atoms with Gasteiger partial charge < -0.3 is 10.1 Å². The minimum atomic E-state index is -0.496. The van der Waals surface area contributed by atoms with Crippen molar-refractivity contribution in [1.82, 2.24) is 10.2 Å². The van der Waals surface area contributed by atoms with Gasteiger partial charge in [0, 0.05) is 24.2 Å². The number of hydrogen-bond acceptors (Lipinski definition) is 3. The van der Waals surface area contributed by atoms with E-state index in [0.29, 0.717) is 18.1 Å². The van der Waals surface area contributed by atoms with Crippen LogP contribution in [0.15, 0.2) is 24.3 Å². The van der Waals surface area contributed by atoms with Gasteiger partial charge in [-0.2, -0.15) is 0 Å². The Morgan fingerprint density at radius 2 is 2.14 bits per heavy atom. The van der Waals surface area contributed by atoms with E-state index in [4.69, 9.17) is 16.3 Å². The zero-order valence-corrected chi connectivity index (χ0v) is 13.8.